The molecule has 0 saturated carbocycles. The van der Waals surface area contributed by atoms with Crippen LogP contribution < -0.4 is 0 Å². The highest BCUT2D eigenvalue weighted by atomic mass is 16.3. The molecule has 0 fully saturated rings. The molecule has 2 heteroatoms. The monoisotopic (exact) mass is 363 g/mol. The van der Waals surface area contributed by atoms with Crippen molar-refractivity contribution in [3.05, 3.63) is 96.3 Å². The Bertz CT molecular complexity index is 1380. The van der Waals surface area contributed by atoms with Crippen LogP contribution in [0.5, 0.6) is 5.75 Å². The summed E-state index contributed by atoms with van der Waals surface area (Å²) in [5.74, 6) is 1.06. The third-order valence-corrected chi connectivity index (χ3v) is 5.25. The Morgan fingerprint density at radius 1 is 0.714 bits per heavy atom. The molecule has 28 heavy (non-hydrogen) atoms. The van der Waals surface area contributed by atoms with Gasteiger partial charge in [-0.2, -0.15) is 0 Å². The Balaban J connectivity index is 1.66. The highest BCUT2D eigenvalue weighted by Crippen LogP contribution is 2.32. The molecule has 5 rings (SSSR count). The van der Waals surface area contributed by atoms with Crippen LogP contribution in [0.4, 0.5) is 0 Å². The number of allylic oxidation sites excluding steroid dienone is 1. The maximum Gasteiger partial charge on any atom is 0.361 e. The van der Waals surface area contributed by atoms with Crippen LogP contribution in [0.3, 0.4) is 0 Å². The molecular formula is C26H19O2+. The van der Waals surface area contributed by atoms with Crippen LogP contribution >= 0.6 is 0 Å². The highest BCUT2D eigenvalue weighted by Gasteiger charge is 2.16. The van der Waals surface area contributed by atoms with Crippen LogP contribution in [0, 0.1) is 0 Å². The summed E-state index contributed by atoms with van der Waals surface area (Å²) in [4.78, 5) is 0. The standard InChI is InChI=1S/C26H18O2/c1-17(16-23-21-9-5-3-6-18(21)10-13-24(23)27)25-15-12-22-20-8-4-2-7-19(20)11-14-26(22)28-25/h2-16H,1H3/p+1/b17-16+. The number of hydrogen-bond acceptors (Lipinski definition) is 1. The van der Waals surface area contributed by atoms with E-state index in [1.54, 1.807) is 6.07 Å². The summed E-state index contributed by atoms with van der Waals surface area (Å²) in [6.45, 7) is 2.01. The van der Waals surface area contributed by atoms with E-state index in [1.165, 1.54) is 10.8 Å². The minimum absolute atomic E-state index is 0.268. The summed E-state index contributed by atoms with van der Waals surface area (Å²) in [6.07, 6.45) is 1.99. The number of rotatable bonds is 2. The molecule has 0 aliphatic rings. The maximum atomic E-state index is 10.4. The molecule has 0 aliphatic carbocycles. The smallest absolute Gasteiger partial charge is 0.361 e. The quantitative estimate of drug-likeness (QED) is 0.264. The number of benzene rings is 4. The molecule has 5 aromatic rings. The first kappa shape index (κ1) is 16.5. The minimum Gasteiger partial charge on any atom is -0.507 e. The third-order valence-electron chi connectivity index (χ3n) is 5.25. The molecule has 0 atom stereocenters. The van der Waals surface area contributed by atoms with Gasteiger partial charge in [-0.05, 0) is 52.7 Å². The highest BCUT2D eigenvalue weighted by molar-refractivity contribution is 6.05. The van der Waals surface area contributed by atoms with Crippen molar-refractivity contribution in [2.45, 2.75) is 6.92 Å². The fraction of sp³-hybridized carbons (Fsp3) is 0.0385. The van der Waals surface area contributed by atoms with Crippen LogP contribution in [0.1, 0.15) is 18.2 Å². The van der Waals surface area contributed by atoms with E-state index in [1.807, 2.05) is 67.6 Å². The molecule has 2 nitrogen and oxygen atoms in total. The summed E-state index contributed by atoms with van der Waals surface area (Å²) in [5.41, 5.74) is 2.62. The van der Waals surface area contributed by atoms with Crippen LogP contribution in [0.2, 0.25) is 0 Å². The third kappa shape index (κ3) is 2.71. The molecule has 0 unspecified atom stereocenters. The van der Waals surface area contributed by atoms with Crippen molar-refractivity contribution in [1.29, 1.82) is 0 Å². The number of phenols is 1. The van der Waals surface area contributed by atoms with Crippen molar-refractivity contribution in [1.82, 2.24) is 0 Å². The van der Waals surface area contributed by atoms with Crippen molar-refractivity contribution in [2.24, 2.45) is 0 Å². The predicted molar refractivity (Wildman–Crippen MR) is 117 cm³/mol. The molecule has 0 aliphatic heterocycles. The Hall–Kier alpha value is -3.65. The first-order chi connectivity index (χ1) is 13.7. The average molecular weight is 363 g/mol. The van der Waals surface area contributed by atoms with Crippen molar-refractivity contribution in [3.8, 4) is 5.75 Å². The van der Waals surface area contributed by atoms with E-state index >= 15 is 0 Å². The zero-order valence-electron chi connectivity index (χ0n) is 15.5. The van der Waals surface area contributed by atoms with Gasteiger partial charge in [0.25, 0.3) is 0 Å². The lowest BCUT2D eigenvalue weighted by Gasteiger charge is -2.05. The zero-order valence-corrected chi connectivity index (χ0v) is 15.5. The largest absolute Gasteiger partial charge is 0.507 e. The second-order valence-corrected chi connectivity index (χ2v) is 7.05. The maximum absolute atomic E-state index is 10.4. The van der Waals surface area contributed by atoms with E-state index in [0.29, 0.717) is 0 Å². The number of phenolic OH excluding ortho intramolecular Hbond substituents is 1. The van der Waals surface area contributed by atoms with E-state index in [4.69, 9.17) is 4.42 Å². The Labute approximate surface area is 163 Å². The lowest BCUT2D eigenvalue weighted by atomic mass is 10.0. The molecule has 0 spiro atoms. The summed E-state index contributed by atoms with van der Waals surface area (Å²) >= 11 is 0. The molecule has 1 aromatic heterocycles. The van der Waals surface area contributed by atoms with Gasteiger partial charge in [-0.1, -0.05) is 54.6 Å². The van der Waals surface area contributed by atoms with Gasteiger partial charge >= 0.3 is 11.3 Å². The van der Waals surface area contributed by atoms with E-state index < -0.39 is 0 Å². The fourth-order valence-electron chi connectivity index (χ4n) is 3.78. The van der Waals surface area contributed by atoms with Crippen molar-refractivity contribution in [3.63, 3.8) is 0 Å². The van der Waals surface area contributed by atoms with Gasteiger partial charge in [0.1, 0.15) is 5.75 Å². The first-order valence-corrected chi connectivity index (χ1v) is 9.35. The van der Waals surface area contributed by atoms with Gasteiger partial charge < -0.3 is 5.11 Å². The second-order valence-electron chi connectivity index (χ2n) is 7.05. The summed E-state index contributed by atoms with van der Waals surface area (Å²) in [5, 5.41) is 16.0. The normalized spacial score (nSPS) is 12.1. The zero-order chi connectivity index (χ0) is 19.1. The summed E-state index contributed by atoms with van der Waals surface area (Å²) in [6, 6.07) is 28.3. The molecule has 0 amide bonds. The lowest BCUT2D eigenvalue weighted by molar-refractivity contribution is 0.475. The topological polar surface area (TPSA) is 31.5 Å². The van der Waals surface area contributed by atoms with Crippen molar-refractivity contribution >= 4 is 44.2 Å². The number of aromatic hydroxyl groups is 1. The average Bonchev–Trinajstić information content (AvgIpc) is 2.75. The molecule has 134 valence electrons. The van der Waals surface area contributed by atoms with Gasteiger partial charge in [0, 0.05) is 17.7 Å². The van der Waals surface area contributed by atoms with Gasteiger partial charge in [0.05, 0.1) is 11.0 Å². The summed E-state index contributed by atoms with van der Waals surface area (Å²) in [7, 11) is 0. The van der Waals surface area contributed by atoms with E-state index in [2.05, 4.69) is 24.3 Å². The van der Waals surface area contributed by atoms with Crippen LogP contribution in [-0.2, 0) is 0 Å². The molecule has 0 bridgehead atoms. The number of hydrogen-bond donors (Lipinski definition) is 1. The predicted octanol–water partition coefficient (Wildman–Crippen LogP) is 7.29. The van der Waals surface area contributed by atoms with Gasteiger partial charge in [-0.15, -0.1) is 0 Å². The Morgan fingerprint density at radius 2 is 1.39 bits per heavy atom. The molecular weight excluding hydrogens is 344 g/mol. The van der Waals surface area contributed by atoms with Crippen LogP contribution in [0.15, 0.2) is 89.3 Å². The van der Waals surface area contributed by atoms with E-state index in [0.717, 1.165) is 38.6 Å². The molecule has 0 saturated heterocycles. The van der Waals surface area contributed by atoms with E-state index in [9.17, 15) is 5.11 Å². The Morgan fingerprint density at radius 3 is 2.21 bits per heavy atom. The van der Waals surface area contributed by atoms with E-state index in [-0.39, 0.29) is 5.75 Å². The van der Waals surface area contributed by atoms with Crippen LogP contribution in [-0.4, -0.2) is 5.11 Å². The Kier molecular flexibility index (Phi) is 3.84. The van der Waals surface area contributed by atoms with Crippen LogP contribution in [0.25, 0.3) is 44.2 Å². The van der Waals surface area contributed by atoms with Gasteiger partial charge in [-0.3, -0.25) is 0 Å². The van der Waals surface area contributed by atoms with Crippen molar-refractivity contribution < 1.29 is 9.52 Å². The first-order valence-electron chi connectivity index (χ1n) is 9.35. The van der Waals surface area contributed by atoms with Crippen molar-refractivity contribution in [2.75, 3.05) is 0 Å². The number of fused-ring (bicyclic) bond motifs is 4. The van der Waals surface area contributed by atoms with Gasteiger partial charge in [-0.25, -0.2) is 4.42 Å². The van der Waals surface area contributed by atoms with Gasteiger partial charge in [0.2, 0.25) is 0 Å². The van der Waals surface area contributed by atoms with Gasteiger partial charge in [0.15, 0.2) is 0 Å². The molecule has 1 N–H and O–H groups in total. The SMILES string of the molecule is C/C(=C\c1c(O)ccc2ccccc12)c1ccc2c(ccc3ccccc32)[o+]1. The summed E-state index contributed by atoms with van der Waals surface area (Å²) < 4.78 is 6.21. The molecule has 4 aromatic carbocycles. The lowest BCUT2D eigenvalue weighted by Crippen LogP contribution is -1.85. The molecule has 1 heterocycles. The molecule has 0 radical (unpaired) electrons. The minimum atomic E-state index is 0.268. The second kappa shape index (κ2) is 6.50. The fourth-order valence-corrected chi connectivity index (χ4v) is 3.78.